The molecule has 184 valence electrons. The van der Waals surface area contributed by atoms with Gasteiger partial charge in [-0.15, -0.1) is 0 Å². The quantitative estimate of drug-likeness (QED) is 0.195. The third-order valence-corrected chi connectivity index (χ3v) is 6.40. The van der Waals surface area contributed by atoms with Crippen molar-refractivity contribution in [2.75, 3.05) is 20.3 Å². The highest BCUT2D eigenvalue weighted by molar-refractivity contribution is 7.40. The van der Waals surface area contributed by atoms with Crippen LogP contribution in [-0.2, 0) is 20.2 Å². The maximum atomic E-state index is 10.8. The standard InChI is InChI=1S/C21H23N6O7P/c1-31-35(30)33-12-16-6-7-17(34-16)26-13-23-18-19(24-21-22-9-10-25(21)20(18)26)32-11-8-14-2-4-15(5-3-14)27(28)29/h2-5,9-10,13,16-17,30H,6-8,11-12H2,1H3. The molecule has 3 aromatic heterocycles. The van der Waals surface area contributed by atoms with E-state index in [1.54, 1.807) is 30.9 Å². The van der Waals surface area contributed by atoms with E-state index < -0.39 is 13.5 Å². The van der Waals surface area contributed by atoms with Gasteiger partial charge in [-0.25, -0.2) is 9.97 Å². The van der Waals surface area contributed by atoms with Crippen LogP contribution in [0.5, 0.6) is 5.88 Å². The third-order valence-electron chi connectivity index (χ3n) is 5.72. The zero-order chi connectivity index (χ0) is 24.4. The summed E-state index contributed by atoms with van der Waals surface area (Å²) in [5.74, 6) is 0.816. The summed E-state index contributed by atoms with van der Waals surface area (Å²) in [7, 11) is -0.511. The lowest BCUT2D eigenvalue weighted by Crippen LogP contribution is -2.16. The predicted octanol–water partition coefficient (Wildman–Crippen LogP) is 3.17. The van der Waals surface area contributed by atoms with Gasteiger partial charge >= 0.3 is 8.60 Å². The van der Waals surface area contributed by atoms with Crippen LogP contribution in [0.3, 0.4) is 0 Å². The molecule has 0 radical (unpaired) electrons. The van der Waals surface area contributed by atoms with Crippen LogP contribution in [0.15, 0.2) is 43.0 Å². The number of fused-ring (bicyclic) bond motifs is 3. The summed E-state index contributed by atoms with van der Waals surface area (Å²) in [4.78, 5) is 33.3. The first kappa shape index (κ1) is 23.5. The molecule has 4 aromatic rings. The zero-order valence-electron chi connectivity index (χ0n) is 18.8. The average Bonchev–Trinajstić information content (AvgIpc) is 3.61. The Hall–Kier alpha value is -3.22. The lowest BCUT2D eigenvalue weighted by Gasteiger charge is -2.17. The Bertz CT molecular complexity index is 1330. The summed E-state index contributed by atoms with van der Waals surface area (Å²) < 4.78 is 25.9. The van der Waals surface area contributed by atoms with Gasteiger partial charge in [0, 0.05) is 38.1 Å². The molecule has 1 saturated heterocycles. The Labute approximate surface area is 200 Å². The first-order chi connectivity index (χ1) is 17.0. The molecule has 0 amide bonds. The minimum Gasteiger partial charge on any atom is -0.476 e. The predicted molar refractivity (Wildman–Crippen MR) is 124 cm³/mol. The SMILES string of the molecule is COP(O)OCC1CCC(n2cnc3c(OCCc4ccc([N+](=O)[O-])cc4)nc4nccn4c32)O1. The van der Waals surface area contributed by atoms with Crippen molar-refractivity contribution in [3.05, 3.63) is 58.7 Å². The summed E-state index contributed by atoms with van der Waals surface area (Å²) >= 11 is 0. The van der Waals surface area contributed by atoms with Crippen LogP contribution in [0.4, 0.5) is 5.69 Å². The normalized spacial score (nSPS) is 18.9. The minimum absolute atomic E-state index is 0.0483. The first-order valence-corrected chi connectivity index (χ1v) is 12.0. The molecule has 13 nitrogen and oxygen atoms in total. The van der Waals surface area contributed by atoms with Gasteiger partial charge in [-0.2, -0.15) is 4.98 Å². The lowest BCUT2D eigenvalue weighted by molar-refractivity contribution is -0.384. The summed E-state index contributed by atoms with van der Waals surface area (Å²) in [5.41, 5.74) is 2.27. The number of imidazole rings is 2. The molecule has 0 aliphatic carbocycles. The molecule has 35 heavy (non-hydrogen) atoms. The van der Waals surface area contributed by atoms with E-state index in [-0.39, 0.29) is 24.6 Å². The molecule has 1 N–H and O–H groups in total. The molecule has 14 heteroatoms. The Morgan fingerprint density at radius 3 is 2.89 bits per heavy atom. The third kappa shape index (κ3) is 4.95. The largest absolute Gasteiger partial charge is 0.476 e. The second-order valence-electron chi connectivity index (χ2n) is 7.87. The topological polar surface area (TPSA) is 148 Å². The van der Waals surface area contributed by atoms with E-state index in [4.69, 9.17) is 18.5 Å². The van der Waals surface area contributed by atoms with Crippen molar-refractivity contribution in [1.29, 1.82) is 0 Å². The van der Waals surface area contributed by atoms with Crippen LogP contribution in [0, 0.1) is 10.1 Å². The van der Waals surface area contributed by atoms with Gasteiger partial charge in [0.25, 0.3) is 5.69 Å². The minimum atomic E-state index is -1.90. The maximum absolute atomic E-state index is 10.8. The number of non-ortho nitro benzene ring substituents is 1. The number of hydrogen-bond donors (Lipinski definition) is 1. The monoisotopic (exact) mass is 502 g/mol. The van der Waals surface area contributed by atoms with E-state index in [1.807, 2.05) is 8.97 Å². The van der Waals surface area contributed by atoms with Gasteiger partial charge in [0.2, 0.25) is 11.7 Å². The van der Waals surface area contributed by atoms with Crippen molar-refractivity contribution in [3.8, 4) is 5.88 Å². The molecule has 3 atom stereocenters. The zero-order valence-corrected chi connectivity index (χ0v) is 19.7. The fraction of sp³-hybridized carbons (Fsp3) is 0.381. The Morgan fingerprint density at radius 2 is 2.11 bits per heavy atom. The van der Waals surface area contributed by atoms with Crippen LogP contribution in [0.2, 0.25) is 0 Å². The summed E-state index contributed by atoms with van der Waals surface area (Å²) in [6, 6.07) is 6.37. The van der Waals surface area contributed by atoms with Crippen LogP contribution in [0.1, 0.15) is 24.6 Å². The molecular weight excluding hydrogens is 479 g/mol. The Balaban J connectivity index is 1.33. The van der Waals surface area contributed by atoms with E-state index in [2.05, 4.69) is 15.0 Å². The van der Waals surface area contributed by atoms with Crippen molar-refractivity contribution >= 4 is 31.2 Å². The van der Waals surface area contributed by atoms with Crippen LogP contribution >= 0.6 is 8.60 Å². The number of ether oxygens (including phenoxy) is 2. The van der Waals surface area contributed by atoms with Crippen LogP contribution < -0.4 is 4.74 Å². The molecule has 1 aliphatic rings. The van der Waals surface area contributed by atoms with Gasteiger partial charge in [-0.3, -0.25) is 19.1 Å². The molecule has 0 spiro atoms. The molecule has 4 heterocycles. The van der Waals surface area contributed by atoms with E-state index in [0.717, 1.165) is 24.1 Å². The maximum Gasteiger partial charge on any atom is 0.329 e. The van der Waals surface area contributed by atoms with Crippen molar-refractivity contribution < 1.29 is 28.3 Å². The van der Waals surface area contributed by atoms with E-state index in [0.29, 0.717) is 30.2 Å². The smallest absolute Gasteiger partial charge is 0.329 e. The molecule has 0 saturated carbocycles. The highest BCUT2D eigenvalue weighted by atomic mass is 31.2. The van der Waals surface area contributed by atoms with Gasteiger partial charge in [0.05, 0.1) is 30.6 Å². The van der Waals surface area contributed by atoms with Crippen LogP contribution in [-0.4, -0.2) is 60.2 Å². The number of rotatable bonds is 10. The lowest BCUT2D eigenvalue weighted by atomic mass is 10.1. The first-order valence-electron chi connectivity index (χ1n) is 10.9. The van der Waals surface area contributed by atoms with Crippen molar-refractivity contribution in [1.82, 2.24) is 23.9 Å². The van der Waals surface area contributed by atoms with Crippen molar-refractivity contribution in [3.63, 3.8) is 0 Å². The van der Waals surface area contributed by atoms with E-state index in [9.17, 15) is 15.0 Å². The average molecular weight is 502 g/mol. The van der Waals surface area contributed by atoms with Gasteiger partial charge < -0.3 is 23.4 Å². The summed E-state index contributed by atoms with van der Waals surface area (Å²) in [6.45, 7) is 0.546. The fourth-order valence-electron chi connectivity index (χ4n) is 4.01. The number of nitrogens with zero attached hydrogens (tertiary/aromatic N) is 6. The second-order valence-corrected chi connectivity index (χ2v) is 8.97. The van der Waals surface area contributed by atoms with Crippen LogP contribution in [0.25, 0.3) is 16.9 Å². The molecular formula is C21H23N6O7P. The number of aromatic nitrogens is 5. The molecule has 1 aromatic carbocycles. The summed E-state index contributed by atoms with van der Waals surface area (Å²) in [5, 5.41) is 10.8. The van der Waals surface area contributed by atoms with E-state index in [1.165, 1.54) is 19.2 Å². The summed E-state index contributed by atoms with van der Waals surface area (Å²) in [6.07, 6.45) is 6.74. The number of nitro benzene ring substituents is 1. The van der Waals surface area contributed by atoms with Gasteiger partial charge in [-0.1, -0.05) is 12.1 Å². The number of nitro groups is 1. The Morgan fingerprint density at radius 1 is 1.29 bits per heavy atom. The van der Waals surface area contributed by atoms with Gasteiger partial charge in [0.15, 0.2) is 11.2 Å². The Kier molecular flexibility index (Phi) is 6.84. The second kappa shape index (κ2) is 10.2. The molecule has 3 unspecified atom stereocenters. The molecule has 1 fully saturated rings. The van der Waals surface area contributed by atoms with E-state index >= 15 is 0 Å². The van der Waals surface area contributed by atoms with Gasteiger partial charge in [0.1, 0.15) is 6.23 Å². The fourth-order valence-corrected chi connectivity index (χ4v) is 4.41. The molecule has 1 aliphatic heterocycles. The number of hydrogen-bond acceptors (Lipinski definition) is 10. The van der Waals surface area contributed by atoms with Crippen molar-refractivity contribution in [2.45, 2.75) is 31.6 Å². The van der Waals surface area contributed by atoms with Gasteiger partial charge in [-0.05, 0) is 18.4 Å². The highest BCUT2D eigenvalue weighted by Gasteiger charge is 2.30. The number of benzene rings is 1. The molecule has 5 rings (SSSR count). The molecule has 0 bridgehead atoms. The highest BCUT2D eigenvalue weighted by Crippen LogP contribution is 2.36. The van der Waals surface area contributed by atoms with Crippen molar-refractivity contribution in [2.24, 2.45) is 0 Å².